The van der Waals surface area contributed by atoms with Gasteiger partial charge in [-0.3, -0.25) is 0 Å². The van der Waals surface area contributed by atoms with Gasteiger partial charge in [-0.05, 0) is 75.7 Å². The molecule has 0 radical (unpaired) electrons. The van der Waals surface area contributed by atoms with E-state index >= 15 is 0 Å². The van der Waals surface area contributed by atoms with E-state index in [2.05, 4.69) is 20.2 Å². The first kappa shape index (κ1) is 41.9. The van der Waals surface area contributed by atoms with Crippen LogP contribution in [0.15, 0.2) is 105 Å². The van der Waals surface area contributed by atoms with Gasteiger partial charge in [-0.15, -0.1) is 10.2 Å². The first-order valence-corrected chi connectivity index (χ1v) is 20.5. The van der Waals surface area contributed by atoms with Crippen molar-refractivity contribution >= 4 is 78.8 Å². The molecular formula is C36H36Cl2N6O10S2. The summed E-state index contributed by atoms with van der Waals surface area (Å²) in [5.74, 6) is -2.62. The number of nitrogens with zero attached hydrogens (tertiary/aromatic N) is 6. The number of ether oxygens (including phenoxy) is 1. The van der Waals surface area contributed by atoms with Crippen molar-refractivity contribution in [3.05, 3.63) is 106 Å². The number of carbonyl (C=O) groups is 2. The van der Waals surface area contributed by atoms with Crippen molar-refractivity contribution in [2.45, 2.75) is 62.4 Å². The molecule has 0 saturated heterocycles. The highest BCUT2D eigenvalue weighted by molar-refractivity contribution is 7.87. The number of aliphatic carboxylic acids is 1. The van der Waals surface area contributed by atoms with Gasteiger partial charge in [0, 0.05) is 12.4 Å². The molecule has 296 valence electrons. The van der Waals surface area contributed by atoms with E-state index in [9.17, 15) is 31.5 Å². The van der Waals surface area contributed by atoms with Crippen LogP contribution < -0.4 is 10.0 Å². The summed E-state index contributed by atoms with van der Waals surface area (Å²) < 4.78 is 65.8. The molecule has 56 heavy (non-hydrogen) atoms. The van der Waals surface area contributed by atoms with Gasteiger partial charge in [-0.1, -0.05) is 65.5 Å². The second-order valence-electron chi connectivity index (χ2n) is 12.2. The first-order chi connectivity index (χ1) is 26.6. The molecule has 2 aromatic carbocycles. The third-order valence-electron chi connectivity index (χ3n) is 8.23. The number of aryl methyl sites for hydroxylation is 2. The van der Waals surface area contributed by atoms with Crippen LogP contribution in [0.2, 0.25) is 10.0 Å². The summed E-state index contributed by atoms with van der Waals surface area (Å²) in [5, 5.41) is 20.7. The van der Waals surface area contributed by atoms with Crippen molar-refractivity contribution in [3.8, 4) is 0 Å². The largest absolute Gasteiger partial charge is 0.480 e. The summed E-state index contributed by atoms with van der Waals surface area (Å²) >= 11 is 12.3. The SMILES string of the molecule is CCC1C(OS(=O)(=O)c2ccc(C)cc2)=NN(c2ncccc2Cl)C1C(=O)O.CCOC(=O)C1CC(OS(=O)(=O)c2ccc(C)cc2)=NN1c1ncccc1Cl. The molecule has 2 aliphatic heterocycles. The maximum Gasteiger partial charge on any atom is 0.340 e. The maximum atomic E-state index is 12.6. The predicted octanol–water partition coefficient (Wildman–Crippen LogP) is 5.97. The third kappa shape index (κ3) is 9.55. The van der Waals surface area contributed by atoms with Crippen LogP contribution in [-0.2, 0) is 42.9 Å². The number of rotatable bonds is 10. The zero-order valence-electron chi connectivity index (χ0n) is 30.3. The molecule has 3 unspecified atom stereocenters. The lowest BCUT2D eigenvalue weighted by atomic mass is 9.98. The van der Waals surface area contributed by atoms with Crippen LogP contribution in [0.3, 0.4) is 0 Å². The van der Waals surface area contributed by atoms with E-state index in [1.807, 2.05) is 13.8 Å². The van der Waals surface area contributed by atoms with Crippen molar-refractivity contribution < 1.29 is 44.6 Å². The van der Waals surface area contributed by atoms with Crippen molar-refractivity contribution in [2.75, 3.05) is 16.6 Å². The summed E-state index contributed by atoms with van der Waals surface area (Å²) in [6.45, 7) is 7.23. The molecule has 6 rings (SSSR count). The zero-order valence-corrected chi connectivity index (χ0v) is 33.5. The molecular weight excluding hydrogens is 811 g/mol. The van der Waals surface area contributed by atoms with Gasteiger partial charge >= 0.3 is 32.2 Å². The van der Waals surface area contributed by atoms with Gasteiger partial charge < -0.3 is 18.2 Å². The average molecular weight is 848 g/mol. The Morgan fingerprint density at radius 2 is 1.27 bits per heavy atom. The Kier molecular flexibility index (Phi) is 13.2. The Bertz CT molecular complexity index is 2360. The summed E-state index contributed by atoms with van der Waals surface area (Å²) in [4.78, 5) is 32.4. The van der Waals surface area contributed by atoms with Crippen LogP contribution in [0.4, 0.5) is 11.6 Å². The molecule has 0 spiro atoms. The van der Waals surface area contributed by atoms with E-state index in [-0.39, 0.29) is 56.3 Å². The number of halogens is 2. The molecule has 4 aromatic rings. The number of hydrogen-bond acceptors (Lipinski definition) is 15. The lowest BCUT2D eigenvalue weighted by molar-refractivity contribution is -0.144. The number of carboxylic acid groups (broad SMARTS) is 1. The van der Waals surface area contributed by atoms with Crippen LogP contribution in [-0.4, -0.2) is 74.3 Å². The number of carboxylic acids is 1. The molecule has 0 bridgehead atoms. The maximum absolute atomic E-state index is 12.6. The second-order valence-corrected chi connectivity index (χ2v) is 16.1. The lowest BCUT2D eigenvalue weighted by Crippen LogP contribution is -2.41. The Labute approximate surface area is 333 Å². The van der Waals surface area contributed by atoms with Crippen molar-refractivity contribution in [2.24, 2.45) is 16.1 Å². The van der Waals surface area contributed by atoms with E-state index in [1.165, 1.54) is 41.7 Å². The van der Waals surface area contributed by atoms with Crippen LogP contribution in [0.5, 0.6) is 0 Å². The fourth-order valence-corrected chi connectivity index (χ4v) is 7.75. The minimum Gasteiger partial charge on any atom is -0.480 e. The Morgan fingerprint density at radius 1 is 0.768 bits per heavy atom. The van der Waals surface area contributed by atoms with Crippen molar-refractivity contribution in [3.63, 3.8) is 0 Å². The summed E-state index contributed by atoms with van der Waals surface area (Å²) in [6.07, 6.45) is 3.12. The number of anilines is 2. The molecule has 20 heteroatoms. The van der Waals surface area contributed by atoms with Gasteiger partial charge in [0.15, 0.2) is 23.7 Å². The monoisotopic (exact) mass is 846 g/mol. The summed E-state index contributed by atoms with van der Waals surface area (Å²) in [5.41, 5.74) is 1.81. The van der Waals surface area contributed by atoms with Gasteiger partial charge in [0.1, 0.15) is 9.79 Å². The van der Waals surface area contributed by atoms with Crippen LogP contribution in [0.25, 0.3) is 0 Å². The van der Waals surface area contributed by atoms with Crippen molar-refractivity contribution in [1.29, 1.82) is 0 Å². The molecule has 0 amide bonds. The topological polar surface area (TPSA) is 207 Å². The van der Waals surface area contributed by atoms with Crippen molar-refractivity contribution in [1.82, 2.24) is 9.97 Å². The smallest absolute Gasteiger partial charge is 0.340 e. The average Bonchev–Trinajstić information content (AvgIpc) is 3.73. The lowest BCUT2D eigenvalue weighted by Gasteiger charge is -2.22. The Balaban J connectivity index is 0.000000214. The fourth-order valence-electron chi connectivity index (χ4n) is 5.47. The first-order valence-electron chi connectivity index (χ1n) is 16.9. The van der Waals surface area contributed by atoms with Crippen LogP contribution in [0.1, 0.15) is 37.8 Å². The molecule has 0 aliphatic carbocycles. The molecule has 0 fully saturated rings. The normalized spacial score (nSPS) is 18.0. The van der Waals surface area contributed by atoms with E-state index in [4.69, 9.17) is 36.3 Å². The number of esters is 1. The van der Waals surface area contributed by atoms with E-state index in [0.29, 0.717) is 6.42 Å². The third-order valence-corrected chi connectivity index (χ3v) is 11.3. The number of hydrogen-bond donors (Lipinski definition) is 1. The summed E-state index contributed by atoms with van der Waals surface area (Å²) in [7, 11) is -8.27. The van der Waals surface area contributed by atoms with E-state index < -0.39 is 50.2 Å². The van der Waals surface area contributed by atoms with Crippen LogP contribution in [0, 0.1) is 19.8 Å². The van der Waals surface area contributed by atoms with Crippen LogP contribution >= 0.6 is 23.2 Å². The number of carbonyl (C=O) groups excluding carboxylic acids is 1. The summed E-state index contributed by atoms with van der Waals surface area (Å²) in [6, 6.07) is 16.6. The number of hydrazone groups is 2. The van der Waals surface area contributed by atoms with Gasteiger partial charge in [-0.2, -0.15) is 16.8 Å². The van der Waals surface area contributed by atoms with E-state index in [0.717, 1.165) is 16.1 Å². The number of aromatic nitrogens is 2. The molecule has 2 aromatic heterocycles. The van der Waals surface area contributed by atoms with E-state index in [1.54, 1.807) is 62.4 Å². The quantitative estimate of drug-likeness (QED) is 0.144. The highest BCUT2D eigenvalue weighted by atomic mass is 35.5. The van der Waals surface area contributed by atoms with Gasteiger partial charge in [0.05, 0.1) is 29.0 Å². The number of benzene rings is 2. The Morgan fingerprint density at radius 3 is 1.73 bits per heavy atom. The van der Waals surface area contributed by atoms with Gasteiger partial charge in [-0.25, -0.2) is 29.6 Å². The minimum absolute atomic E-state index is 0.0113. The molecule has 4 heterocycles. The fraction of sp³-hybridized carbons (Fsp3) is 0.278. The predicted molar refractivity (Wildman–Crippen MR) is 207 cm³/mol. The molecule has 3 atom stereocenters. The van der Waals surface area contributed by atoms with Gasteiger partial charge in [0.25, 0.3) is 0 Å². The molecule has 1 N–H and O–H groups in total. The standard InChI is InChI=1S/2C18H18ClN3O5S/c1-3-26-18(23)15-11-16(21-22(15)17-14(19)5-4-10-20-17)27-28(24,25)13-8-6-12(2)7-9-13;1-3-13-15(18(23)24)22(16-14(19)5-4-10-20-16)21-17(13)27-28(25,26)12-8-6-11(2)7-9-12/h4-10,15H,3,11H2,1-2H3;4-10,13,15H,3H2,1-2H3,(H,23,24). The molecule has 16 nitrogen and oxygen atoms in total. The minimum atomic E-state index is -4.17. The molecule has 0 saturated carbocycles. The number of pyridine rings is 2. The second kappa shape index (κ2) is 17.7. The highest BCUT2D eigenvalue weighted by Crippen LogP contribution is 2.35. The zero-order chi connectivity index (χ0) is 40.8. The highest BCUT2D eigenvalue weighted by Gasteiger charge is 2.46. The molecule has 2 aliphatic rings. The Hall–Kier alpha value is -5.30. The van der Waals surface area contributed by atoms with Gasteiger partial charge in [0.2, 0.25) is 11.8 Å².